The Balaban J connectivity index is 2.20. The third kappa shape index (κ3) is 7.34. The van der Waals surface area contributed by atoms with Crippen LogP contribution >= 0.6 is 0 Å². The summed E-state index contributed by atoms with van der Waals surface area (Å²) in [5, 5.41) is 10.8. The lowest BCUT2D eigenvalue weighted by Gasteiger charge is -2.29. The number of amides is 1. The number of nitrogens with zero attached hydrogens (tertiary/aromatic N) is 1. The molecular weight excluding hydrogens is 412 g/mol. The molecule has 0 saturated carbocycles. The molecule has 1 aromatic rings. The van der Waals surface area contributed by atoms with Crippen molar-refractivity contribution in [2.45, 2.75) is 83.8 Å². The molecule has 0 spiro atoms. The average Bonchev–Trinajstić information content (AvgIpc) is 2.88. The maximum absolute atomic E-state index is 12.8. The first-order chi connectivity index (χ1) is 14.2. The average molecular weight is 443 g/mol. The molecule has 1 aliphatic rings. The fourth-order valence-electron chi connectivity index (χ4n) is 3.18. The van der Waals surface area contributed by atoms with Gasteiger partial charge in [0.05, 0.1) is 12.6 Å². The number of aliphatic hydroxyl groups is 1. The summed E-state index contributed by atoms with van der Waals surface area (Å²) in [5.41, 5.74) is -1.03. The van der Waals surface area contributed by atoms with E-state index in [1.807, 2.05) is 0 Å². The second-order valence-electron chi connectivity index (χ2n) is 9.56. The normalized spacial score (nSPS) is 21.9. The summed E-state index contributed by atoms with van der Waals surface area (Å²) >= 11 is 0. The molecule has 7 nitrogen and oxygen atoms in total. The van der Waals surface area contributed by atoms with E-state index in [1.165, 1.54) is 29.2 Å². The van der Waals surface area contributed by atoms with Gasteiger partial charge in [-0.2, -0.15) is 0 Å². The van der Waals surface area contributed by atoms with E-state index in [2.05, 4.69) is 0 Å². The molecule has 0 radical (unpaired) electrons. The molecule has 0 aliphatic carbocycles. The van der Waals surface area contributed by atoms with Crippen LogP contribution in [0.5, 0.6) is 0 Å². The number of likely N-dealkylation sites (tertiary alicyclic amines) is 1. The number of rotatable bonds is 4. The van der Waals surface area contributed by atoms with E-state index in [-0.39, 0.29) is 18.5 Å². The highest BCUT2D eigenvalue weighted by Crippen LogP contribution is 2.28. The minimum absolute atomic E-state index is 0.0882. The van der Waals surface area contributed by atoms with Gasteiger partial charge < -0.3 is 19.3 Å². The van der Waals surface area contributed by atoms with Gasteiger partial charge in [0.1, 0.15) is 17.3 Å². The van der Waals surface area contributed by atoms with Crippen molar-refractivity contribution in [3.05, 3.63) is 35.4 Å². The van der Waals surface area contributed by atoms with Crippen LogP contribution in [0.15, 0.2) is 24.3 Å². The zero-order valence-electron chi connectivity index (χ0n) is 18.7. The number of hydrogen-bond donors (Lipinski definition) is 1. The first-order valence-corrected chi connectivity index (χ1v) is 10.1. The number of alkyl halides is 2. The monoisotopic (exact) mass is 443 g/mol. The molecule has 0 unspecified atom stereocenters. The third-order valence-electron chi connectivity index (χ3n) is 4.49. The zero-order chi connectivity index (χ0) is 23.6. The summed E-state index contributed by atoms with van der Waals surface area (Å²) in [4.78, 5) is 26.1. The van der Waals surface area contributed by atoms with Gasteiger partial charge in [-0.05, 0) is 53.5 Å². The SMILES string of the molecule is CC(C)(C)OC(=O)O[C@H]1CN(C(=O)OC(C)(C)C)[C@H](Cc2ccc(C(F)F)cc2)[C@@H]1O. The highest BCUT2D eigenvalue weighted by atomic mass is 19.3. The lowest BCUT2D eigenvalue weighted by Crippen LogP contribution is -2.43. The summed E-state index contributed by atoms with van der Waals surface area (Å²) in [6.07, 6.45) is -6.28. The molecule has 0 aromatic heterocycles. The molecule has 2 rings (SSSR count). The minimum Gasteiger partial charge on any atom is -0.444 e. The van der Waals surface area contributed by atoms with Gasteiger partial charge in [0.25, 0.3) is 6.43 Å². The molecule has 0 bridgehead atoms. The number of carbonyl (C=O) groups excluding carboxylic acids is 2. The first-order valence-electron chi connectivity index (χ1n) is 10.1. The second-order valence-corrected chi connectivity index (χ2v) is 9.56. The number of ether oxygens (including phenoxy) is 3. The third-order valence-corrected chi connectivity index (χ3v) is 4.49. The number of hydrogen-bond acceptors (Lipinski definition) is 6. The predicted molar refractivity (Wildman–Crippen MR) is 109 cm³/mol. The minimum atomic E-state index is -2.59. The van der Waals surface area contributed by atoms with Crippen molar-refractivity contribution in [1.29, 1.82) is 0 Å². The molecule has 1 N–H and O–H groups in total. The zero-order valence-corrected chi connectivity index (χ0v) is 18.7. The van der Waals surface area contributed by atoms with Crippen LogP contribution in [-0.4, -0.2) is 58.3 Å². The van der Waals surface area contributed by atoms with Gasteiger partial charge in [0.2, 0.25) is 0 Å². The van der Waals surface area contributed by atoms with E-state index >= 15 is 0 Å². The van der Waals surface area contributed by atoms with Gasteiger partial charge >= 0.3 is 12.2 Å². The molecule has 174 valence electrons. The molecule has 3 atom stereocenters. The molecule has 1 saturated heterocycles. The molecule has 1 amide bonds. The second kappa shape index (κ2) is 9.38. The molecule has 1 aromatic carbocycles. The van der Waals surface area contributed by atoms with E-state index in [1.54, 1.807) is 41.5 Å². The predicted octanol–water partition coefficient (Wildman–Crippen LogP) is 4.47. The van der Waals surface area contributed by atoms with Crippen LogP contribution in [0.1, 0.15) is 59.1 Å². The Morgan fingerprint density at radius 2 is 1.61 bits per heavy atom. The van der Waals surface area contributed by atoms with Crippen LogP contribution in [0.2, 0.25) is 0 Å². The van der Waals surface area contributed by atoms with Crippen LogP contribution in [-0.2, 0) is 20.6 Å². The van der Waals surface area contributed by atoms with Crippen LogP contribution in [0.3, 0.4) is 0 Å². The fraction of sp³-hybridized carbons (Fsp3) is 0.636. The van der Waals surface area contributed by atoms with E-state index in [0.717, 1.165) is 0 Å². The van der Waals surface area contributed by atoms with Crippen LogP contribution in [0, 0.1) is 0 Å². The Morgan fingerprint density at radius 1 is 1.06 bits per heavy atom. The van der Waals surface area contributed by atoms with E-state index < -0.39 is 48.1 Å². The first kappa shape index (κ1) is 24.8. The summed E-state index contributed by atoms with van der Waals surface area (Å²) in [6.45, 7) is 10.1. The smallest absolute Gasteiger partial charge is 0.444 e. The van der Waals surface area contributed by atoms with Crippen molar-refractivity contribution >= 4 is 12.2 Å². The van der Waals surface area contributed by atoms with Crippen molar-refractivity contribution in [3.8, 4) is 0 Å². The fourth-order valence-corrected chi connectivity index (χ4v) is 3.18. The van der Waals surface area contributed by atoms with Crippen molar-refractivity contribution in [1.82, 2.24) is 4.90 Å². The summed E-state index contributed by atoms with van der Waals surface area (Å²) in [6, 6.07) is 4.86. The van der Waals surface area contributed by atoms with Crippen LogP contribution in [0.25, 0.3) is 0 Å². The maximum atomic E-state index is 12.8. The summed E-state index contributed by atoms with van der Waals surface area (Å²) in [7, 11) is 0. The Morgan fingerprint density at radius 3 is 2.10 bits per heavy atom. The quantitative estimate of drug-likeness (QED) is 0.692. The van der Waals surface area contributed by atoms with Gasteiger partial charge in [0, 0.05) is 5.56 Å². The number of benzene rings is 1. The number of halogens is 2. The van der Waals surface area contributed by atoms with Crippen molar-refractivity contribution in [2.24, 2.45) is 0 Å². The van der Waals surface area contributed by atoms with E-state index in [9.17, 15) is 23.5 Å². The van der Waals surface area contributed by atoms with Gasteiger partial charge in [-0.3, -0.25) is 4.90 Å². The molecule has 9 heteroatoms. The van der Waals surface area contributed by atoms with E-state index in [0.29, 0.717) is 5.56 Å². The standard InChI is InChI=1S/C22H31F2NO6/c1-21(2,3)30-19(27)25-12-16(29-20(28)31-22(4,5)6)17(26)15(25)11-13-7-9-14(10-8-13)18(23)24/h7-10,15-18,26H,11-12H2,1-6H3/t15-,16+,17+/m1/s1. The molecule has 31 heavy (non-hydrogen) atoms. The molecular formula is C22H31F2NO6. The summed E-state index contributed by atoms with van der Waals surface area (Å²) in [5.74, 6) is 0. The van der Waals surface area contributed by atoms with Crippen LogP contribution in [0.4, 0.5) is 18.4 Å². The summed E-state index contributed by atoms with van der Waals surface area (Å²) < 4.78 is 41.5. The molecule has 1 aliphatic heterocycles. The van der Waals surface area contributed by atoms with Crippen LogP contribution < -0.4 is 0 Å². The number of carbonyl (C=O) groups is 2. The van der Waals surface area contributed by atoms with Gasteiger partial charge in [-0.1, -0.05) is 24.3 Å². The van der Waals surface area contributed by atoms with Gasteiger partial charge in [0.15, 0.2) is 6.10 Å². The van der Waals surface area contributed by atoms with Crippen molar-refractivity contribution in [3.63, 3.8) is 0 Å². The Hall–Kier alpha value is -2.42. The van der Waals surface area contributed by atoms with Gasteiger partial charge in [-0.25, -0.2) is 18.4 Å². The maximum Gasteiger partial charge on any atom is 0.509 e. The lowest BCUT2D eigenvalue weighted by molar-refractivity contribution is -0.0486. The Labute approximate surface area is 181 Å². The van der Waals surface area contributed by atoms with E-state index in [4.69, 9.17) is 14.2 Å². The van der Waals surface area contributed by atoms with Crippen molar-refractivity contribution in [2.75, 3.05) is 6.54 Å². The highest BCUT2D eigenvalue weighted by molar-refractivity contribution is 5.69. The number of aliphatic hydroxyl groups excluding tert-OH is 1. The molecule has 1 heterocycles. The topological polar surface area (TPSA) is 85.3 Å². The van der Waals surface area contributed by atoms with Gasteiger partial charge in [-0.15, -0.1) is 0 Å². The Bertz CT molecular complexity index is 770. The lowest BCUT2D eigenvalue weighted by atomic mass is 10.00. The molecule has 1 fully saturated rings. The largest absolute Gasteiger partial charge is 0.509 e. The van der Waals surface area contributed by atoms with Crippen molar-refractivity contribution < 1.29 is 37.7 Å². The Kier molecular flexibility index (Phi) is 7.52. The highest BCUT2D eigenvalue weighted by Gasteiger charge is 2.47.